The SMILES string of the molecule is CC1c2ccc(NC(=O)CNOCc3ccccc3)c(O)c2C(O)=C2C(=O)C3(O)C(O)=C(C(N)=O)C(=O)[C@@H](N(C)C)C3C(O)C21. The number of nitrogens with one attached hydrogen (secondary N) is 2. The van der Waals surface area contributed by atoms with Gasteiger partial charge in [-0.05, 0) is 37.2 Å². The molecule has 14 heteroatoms. The first kappa shape index (κ1) is 31.8. The number of phenols is 1. The summed E-state index contributed by atoms with van der Waals surface area (Å²) in [6.45, 7) is 1.51. The van der Waals surface area contributed by atoms with Crippen LogP contribution in [0.15, 0.2) is 59.4 Å². The highest BCUT2D eigenvalue weighted by atomic mass is 16.6. The quantitative estimate of drug-likeness (QED) is 0.0851. The van der Waals surface area contributed by atoms with Crippen LogP contribution in [0.5, 0.6) is 5.75 Å². The third kappa shape index (κ3) is 4.96. The summed E-state index contributed by atoms with van der Waals surface area (Å²) in [4.78, 5) is 58.7. The van der Waals surface area contributed by atoms with Crippen LogP contribution in [0.4, 0.5) is 5.69 Å². The van der Waals surface area contributed by atoms with Crippen molar-refractivity contribution in [3.05, 3.63) is 76.1 Å². The zero-order chi connectivity index (χ0) is 33.0. The van der Waals surface area contributed by atoms with Gasteiger partial charge in [-0.3, -0.25) is 28.9 Å². The fourth-order valence-electron chi connectivity index (χ4n) is 6.74. The molecule has 238 valence electrons. The van der Waals surface area contributed by atoms with E-state index in [1.807, 2.05) is 30.3 Å². The molecule has 0 aliphatic heterocycles. The number of benzene rings is 2. The number of phenolic OH excluding ortho intramolecular Hbond substituents is 1. The average Bonchev–Trinajstić information content (AvgIpc) is 2.98. The lowest BCUT2D eigenvalue weighted by Gasteiger charge is -2.53. The number of likely N-dealkylation sites (N-methyl/N-ethyl adjacent to an activating group) is 1. The Morgan fingerprint density at radius 1 is 1.07 bits per heavy atom. The maximum absolute atomic E-state index is 14.1. The second-order valence-electron chi connectivity index (χ2n) is 11.6. The number of hydrogen-bond donors (Lipinski definition) is 8. The number of rotatable bonds is 8. The number of primary amides is 1. The molecule has 0 radical (unpaired) electrons. The van der Waals surface area contributed by atoms with Crippen LogP contribution >= 0.6 is 0 Å². The number of fused-ring (bicyclic) bond motifs is 3. The van der Waals surface area contributed by atoms with Gasteiger partial charge >= 0.3 is 0 Å². The van der Waals surface area contributed by atoms with Crippen LogP contribution in [-0.2, 0) is 30.6 Å². The topological polar surface area (TPSA) is 232 Å². The smallest absolute Gasteiger partial charge is 0.255 e. The number of ketones is 2. The number of nitrogens with two attached hydrogens (primary N) is 1. The van der Waals surface area contributed by atoms with Crippen LogP contribution in [0.25, 0.3) is 5.76 Å². The summed E-state index contributed by atoms with van der Waals surface area (Å²) in [5, 5.41) is 59.5. The number of anilines is 1. The number of aliphatic hydroxyl groups is 4. The van der Waals surface area contributed by atoms with Crippen molar-refractivity contribution in [2.75, 3.05) is 26.0 Å². The zero-order valence-corrected chi connectivity index (χ0v) is 24.6. The third-order valence-corrected chi connectivity index (χ3v) is 8.82. The van der Waals surface area contributed by atoms with E-state index in [9.17, 15) is 44.7 Å². The van der Waals surface area contributed by atoms with E-state index in [0.717, 1.165) is 5.56 Å². The van der Waals surface area contributed by atoms with Gasteiger partial charge in [0.25, 0.3) is 5.91 Å². The third-order valence-electron chi connectivity index (χ3n) is 8.82. The van der Waals surface area contributed by atoms with Crippen molar-refractivity contribution in [2.45, 2.75) is 37.2 Å². The maximum atomic E-state index is 14.1. The lowest BCUT2D eigenvalue weighted by Crippen LogP contribution is -2.70. The van der Waals surface area contributed by atoms with Crippen molar-refractivity contribution in [3.8, 4) is 5.75 Å². The minimum atomic E-state index is -3.02. The van der Waals surface area contributed by atoms with Crippen LogP contribution in [-0.4, -0.2) is 92.2 Å². The first-order valence-electron chi connectivity index (χ1n) is 14.1. The number of aromatic hydroxyl groups is 1. The molecular weight excluding hydrogens is 588 g/mol. The fraction of sp³-hybridized carbons (Fsp3) is 0.355. The average molecular weight is 623 g/mol. The van der Waals surface area contributed by atoms with Gasteiger partial charge in [-0.1, -0.05) is 43.3 Å². The number of hydrogen-bond acceptors (Lipinski definition) is 12. The molecule has 0 bridgehead atoms. The van der Waals surface area contributed by atoms with Gasteiger partial charge in [0.15, 0.2) is 11.4 Å². The first-order valence-corrected chi connectivity index (χ1v) is 14.1. The van der Waals surface area contributed by atoms with Crippen LogP contribution < -0.4 is 16.5 Å². The van der Waals surface area contributed by atoms with Crippen molar-refractivity contribution in [1.29, 1.82) is 0 Å². The highest BCUT2D eigenvalue weighted by molar-refractivity contribution is 6.24. The monoisotopic (exact) mass is 622 g/mol. The molecule has 2 amide bonds. The maximum Gasteiger partial charge on any atom is 0.255 e. The largest absolute Gasteiger partial charge is 0.508 e. The molecule has 14 nitrogen and oxygen atoms in total. The van der Waals surface area contributed by atoms with Crippen molar-refractivity contribution < 1.29 is 49.5 Å². The normalized spacial score (nSPS) is 27.6. The molecule has 5 unspecified atom stereocenters. The lowest BCUT2D eigenvalue weighted by molar-refractivity contribution is -0.169. The summed E-state index contributed by atoms with van der Waals surface area (Å²) in [7, 11) is 2.87. The van der Waals surface area contributed by atoms with Crippen molar-refractivity contribution in [1.82, 2.24) is 10.4 Å². The van der Waals surface area contributed by atoms with Crippen LogP contribution in [0.2, 0.25) is 0 Å². The molecule has 0 spiro atoms. The molecule has 9 N–H and O–H groups in total. The summed E-state index contributed by atoms with van der Waals surface area (Å²) >= 11 is 0. The zero-order valence-electron chi connectivity index (χ0n) is 24.6. The van der Waals surface area contributed by atoms with Crippen molar-refractivity contribution in [2.24, 2.45) is 17.6 Å². The summed E-state index contributed by atoms with van der Waals surface area (Å²) < 4.78 is 0. The minimum Gasteiger partial charge on any atom is -0.508 e. The molecule has 0 saturated heterocycles. The number of hydroxylamine groups is 1. The van der Waals surface area contributed by atoms with Crippen LogP contribution in [0, 0.1) is 11.8 Å². The molecule has 3 aliphatic carbocycles. The molecule has 0 heterocycles. The van der Waals surface area contributed by atoms with Crippen molar-refractivity contribution >= 4 is 34.8 Å². The van der Waals surface area contributed by atoms with E-state index >= 15 is 0 Å². The lowest BCUT2D eigenvalue weighted by atomic mass is 9.54. The number of carbonyl (C=O) groups excluding carboxylic acids is 4. The predicted molar refractivity (Wildman–Crippen MR) is 158 cm³/mol. The van der Waals surface area contributed by atoms with Gasteiger partial charge in [0.1, 0.15) is 29.4 Å². The first-order chi connectivity index (χ1) is 21.2. The molecule has 0 aromatic heterocycles. The molecule has 45 heavy (non-hydrogen) atoms. The van der Waals surface area contributed by atoms with Crippen LogP contribution in [0.1, 0.15) is 29.5 Å². The van der Waals surface area contributed by atoms with Crippen LogP contribution in [0.3, 0.4) is 0 Å². The Labute approximate surface area is 257 Å². The number of Topliss-reactive ketones (excluding diaryl/α,β-unsaturated/α-hetero) is 2. The second kappa shape index (κ2) is 11.7. The Morgan fingerprint density at radius 2 is 1.73 bits per heavy atom. The summed E-state index contributed by atoms with van der Waals surface area (Å²) in [6.07, 6.45) is -1.70. The van der Waals surface area contributed by atoms with Gasteiger partial charge in [0.05, 0.1) is 35.9 Å². The number of aliphatic hydroxyl groups excluding tert-OH is 3. The standard InChI is InChI=1S/C31H34N4O10/c1-13-15-9-10-16(34-17(36)11-33-45-12-14-7-5-4-6-8-14)24(37)19(15)25(38)20-18(13)26(39)22-23(35(2)3)27(40)21(30(32)43)29(42)31(22,44)28(20)41/h4-10,13,18,22-23,26,33,37-39,42,44H,11-12H2,1-3H3,(H2,32,43)(H,34,36)/t13?,18?,22?,23-,26?,31?/m0/s1. The molecule has 2 aromatic rings. The molecule has 3 aliphatic rings. The minimum absolute atomic E-state index is 0.114. The predicted octanol–water partition coefficient (Wildman–Crippen LogP) is 0.156. The van der Waals surface area contributed by atoms with Gasteiger partial charge in [-0.25, -0.2) is 0 Å². The molecule has 6 atom stereocenters. The van der Waals surface area contributed by atoms with E-state index in [-0.39, 0.29) is 24.4 Å². The van der Waals surface area contributed by atoms with E-state index in [1.165, 1.54) is 31.1 Å². The van der Waals surface area contributed by atoms with E-state index in [2.05, 4.69) is 10.8 Å². The fourth-order valence-corrected chi connectivity index (χ4v) is 6.74. The van der Waals surface area contributed by atoms with Crippen molar-refractivity contribution in [3.63, 3.8) is 0 Å². The number of carbonyl (C=O) groups is 4. The van der Waals surface area contributed by atoms with Gasteiger partial charge < -0.3 is 36.6 Å². The van der Waals surface area contributed by atoms with E-state index in [0.29, 0.717) is 5.56 Å². The molecule has 1 fully saturated rings. The van der Waals surface area contributed by atoms with E-state index in [1.54, 1.807) is 6.92 Å². The Bertz CT molecular complexity index is 1650. The van der Waals surface area contributed by atoms with Gasteiger partial charge in [-0.15, -0.1) is 0 Å². The summed E-state index contributed by atoms with van der Waals surface area (Å²) in [6, 6.07) is 10.7. The highest BCUT2D eigenvalue weighted by Gasteiger charge is 2.68. The molecule has 5 rings (SSSR count). The Hall–Kier alpha value is -4.60. The molecule has 2 aromatic carbocycles. The second-order valence-corrected chi connectivity index (χ2v) is 11.6. The Balaban J connectivity index is 1.49. The van der Waals surface area contributed by atoms with Gasteiger partial charge in [0.2, 0.25) is 11.7 Å². The molecule has 1 saturated carbocycles. The Kier molecular flexibility index (Phi) is 8.29. The summed E-state index contributed by atoms with van der Waals surface area (Å²) in [5.74, 6) is -10.6. The van der Waals surface area contributed by atoms with E-state index in [4.69, 9.17) is 10.6 Å². The summed E-state index contributed by atoms with van der Waals surface area (Å²) in [5.41, 5.74) is 4.14. The number of amides is 2. The Morgan fingerprint density at radius 3 is 2.36 bits per heavy atom. The molecular formula is C31H34N4O10. The number of nitrogens with zero attached hydrogens (tertiary/aromatic N) is 1. The van der Waals surface area contributed by atoms with Gasteiger partial charge in [0, 0.05) is 11.5 Å². The highest BCUT2D eigenvalue weighted by Crippen LogP contribution is 2.56. The van der Waals surface area contributed by atoms with Gasteiger partial charge in [-0.2, -0.15) is 5.48 Å². The van der Waals surface area contributed by atoms with E-state index < -0.39 is 87.3 Å².